The van der Waals surface area contributed by atoms with E-state index < -0.39 is 11.9 Å². The van der Waals surface area contributed by atoms with E-state index in [1.807, 2.05) is 49.4 Å². The van der Waals surface area contributed by atoms with Crippen molar-refractivity contribution in [1.29, 1.82) is 0 Å². The van der Waals surface area contributed by atoms with Gasteiger partial charge in [-0.05, 0) is 12.5 Å². The molecule has 4 heteroatoms. The molecule has 0 radical (unpaired) electrons. The fourth-order valence-electron chi connectivity index (χ4n) is 2.19. The molecule has 3 nitrogen and oxygen atoms in total. The molecule has 0 fully saturated rings. The molecule has 1 N–H and O–H groups in total. The Morgan fingerprint density at radius 2 is 1.70 bits per heavy atom. The summed E-state index contributed by atoms with van der Waals surface area (Å²) in [5, 5.41) is 9.34. The average Bonchev–Trinajstić information content (AvgIpc) is 2.55. The van der Waals surface area contributed by atoms with E-state index in [-0.39, 0.29) is 12.2 Å². The van der Waals surface area contributed by atoms with E-state index in [0.717, 1.165) is 16.9 Å². The van der Waals surface area contributed by atoms with Crippen LogP contribution < -0.4 is 0 Å². The number of carboxylic acid groups (broad SMARTS) is 1. The number of Topliss-reactive ketones (excluding diaryl/α,β-unsaturated/α-hetero) is 1. The van der Waals surface area contributed by atoms with Gasteiger partial charge in [0.2, 0.25) is 0 Å². The first-order valence-electron chi connectivity index (χ1n) is 7.50. The van der Waals surface area contributed by atoms with Crippen molar-refractivity contribution < 1.29 is 14.7 Å². The Kier molecular flexibility index (Phi) is 6.41. The Morgan fingerprint density at radius 3 is 2.30 bits per heavy atom. The number of carbonyl (C=O) groups is 2. The fourth-order valence-corrected chi connectivity index (χ4v) is 3.28. The average molecular weight is 328 g/mol. The summed E-state index contributed by atoms with van der Waals surface area (Å²) >= 11 is 1.55. The molecule has 0 heterocycles. The number of thioether (sulfide) groups is 1. The molecule has 0 saturated carbocycles. The van der Waals surface area contributed by atoms with Gasteiger partial charge >= 0.3 is 5.97 Å². The van der Waals surface area contributed by atoms with Crippen LogP contribution in [0.25, 0.3) is 0 Å². The van der Waals surface area contributed by atoms with E-state index in [4.69, 9.17) is 0 Å². The minimum Gasteiger partial charge on any atom is -0.481 e. The van der Waals surface area contributed by atoms with Gasteiger partial charge in [-0.15, -0.1) is 0 Å². The summed E-state index contributed by atoms with van der Waals surface area (Å²) in [6.07, 6.45) is 0.0418. The third-order valence-electron chi connectivity index (χ3n) is 3.59. The van der Waals surface area contributed by atoms with Crippen molar-refractivity contribution in [3.05, 3.63) is 71.3 Å². The van der Waals surface area contributed by atoms with Crippen LogP contribution in [0.3, 0.4) is 0 Å². The molecule has 0 spiro atoms. The predicted molar refractivity (Wildman–Crippen MR) is 93.9 cm³/mol. The molecule has 120 valence electrons. The zero-order valence-electron chi connectivity index (χ0n) is 13.1. The number of benzene rings is 2. The Labute approximate surface area is 140 Å². The number of carbonyl (C=O) groups excluding carboxylic acids is 1. The Morgan fingerprint density at radius 1 is 1.04 bits per heavy atom. The molecular weight excluding hydrogens is 308 g/mol. The molecule has 0 aromatic heterocycles. The van der Waals surface area contributed by atoms with Crippen LogP contribution >= 0.6 is 11.8 Å². The van der Waals surface area contributed by atoms with Crippen molar-refractivity contribution in [2.45, 2.75) is 19.1 Å². The van der Waals surface area contributed by atoms with Crippen molar-refractivity contribution in [2.24, 2.45) is 5.92 Å². The summed E-state index contributed by atoms with van der Waals surface area (Å²) in [6.45, 7) is 1.95. The van der Waals surface area contributed by atoms with Gasteiger partial charge in [-0.2, -0.15) is 11.8 Å². The molecule has 1 unspecified atom stereocenters. The van der Waals surface area contributed by atoms with Crippen LogP contribution in [0.2, 0.25) is 0 Å². The van der Waals surface area contributed by atoms with E-state index in [1.54, 1.807) is 23.9 Å². The maximum atomic E-state index is 12.2. The van der Waals surface area contributed by atoms with Crippen LogP contribution in [-0.4, -0.2) is 22.6 Å². The van der Waals surface area contributed by atoms with E-state index in [2.05, 4.69) is 0 Å². The smallest absolute Gasteiger partial charge is 0.307 e. The topological polar surface area (TPSA) is 54.4 Å². The third-order valence-corrected chi connectivity index (χ3v) is 4.76. The highest BCUT2D eigenvalue weighted by Gasteiger charge is 2.22. The summed E-state index contributed by atoms with van der Waals surface area (Å²) in [5.74, 6) is -0.494. The van der Waals surface area contributed by atoms with Crippen LogP contribution in [-0.2, 0) is 10.5 Å². The van der Waals surface area contributed by atoms with Crippen LogP contribution in [0.1, 0.15) is 27.9 Å². The van der Waals surface area contributed by atoms with Crippen LogP contribution in [0.4, 0.5) is 0 Å². The maximum Gasteiger partial charge on any atom is 0.307 e. The molecule has 0 aliphatic rings. The molecule has 0 bridgehead atoms. The lowest BCUT2D eigenvalue weighted by Gasteiger charge is -2.11. The summed E-state index contributed by atoms with van der Waals surface area (Å²) in [5.41, 5.74) is 2.82. The van der Waals surface area contributed by atoms with Crippen LogP contribution in [0, 0.1) is 12.8 Å². The van der Waals surface area contributed by atoms with Crippen molar-refractivity contribution in [3.8, 4) is 0 Å². The Balaban J connectivity index is 1.89. The highest BCUT2D eigenvalue weighted by molar-refractivity contribution is 7.98. The number of hydrogen-bond donors (Lipinski definition) is 1. The highest BCUT2D eigenvalue weighted by atomic mass is 32.2. The lowest BCUT2D eigenvalue weighted by molar-refractivity contribution is -0.140. The molecule has 0 saturated heterocycles. The van der Waals surface area contributed by atoms with Crippen molar-refractivity contribution in [3.63, 3.8) is 0 Å². The minimum absolute atomic E-state index is 0.0418. The van der Waals surface area contributed by atoms with Gasteiger partial charge in [0.05, 0.1) is 5.92 Å². The van der Waals surface area contributed by atoms with Crippen molar-refractivity contribution >= 4 is 23.5 Å². The number of ketones is 1. The monoisotopic (exact) mass is 328 g/mol. The molecule has 2 rings (SSSR count). The summed E-state index contributed by atoms with van der Waals surface area (Å²) in [7, 11) is 0. The SMILES string of the molecule is Cc1ccc(C(=O)CC(CSCc2ccccc2)C(=O)O)cc1. The highest BCUT2D eigenvalue weighted by Crippen LogP contribution is 2.20. The first-order chi connectivity index (χ1) is 11.1. The normalized spacial score (nSPS) is 11.9. The number of carboxylic acids is 1. The van der Waals surface area contributed by atoms with E-state index >= 15 is 0 Å². The number of aryl methyl sites for hydroxylation is 1. The summed E-state index contributed by atoms with van der Waals surface area (Å²) in [4.78, 5) is 23.6. The molecule has 2 aromatic carbocycles. The Bertz CT molecular complexity index is 650. The zero-order valence-corrected chi connectivity index (χ0v) is 13.9. The Hall–Kier alpha value is -2.07. The van der Waals surface area contributed by atoms with Gasteiger partial charge in [0.1, 0.15) is 0 Å². The van der Waals surface area contributed by atoms with Crippen LogP contribution in [0.5, 0.6) is 0 Å². The molecule has 0 aliphatic carbocycles. The number of aliphatic carboxylic acids is 1. The standard InChI is InChI=1S/C19H20O3S/c1-14-7-9-16(10-8-14)18(20)11-17(19(21)22)13-23-12-15-5-3-2-4-6-15/h2-10,17H,11-13H2,1H3,(H,21,22). The summed E-state index contributed by atoms with van der Waals surface area (Å²) < 4.78 is 0. The van der Waals surface area contributed by atoms with Gasteiger partial charge < -0.3 is 5.11 Å². The molecule has 1 atom stereocenters. The maximum absolute atomic E-state index is 12.2. The van der Waals surface area contributed by atoms with E-state index in [0.29, 0.717) is 11.3 Å². The van der Waals surface area contributed by atoms with Gasteiger partial charge in [-0.1, -0.05) is 60.2 Å². The van der Waals surface area contributed by atoms with Gasteiger partial charge in [0.15, 0.2) is 5.78 Å². The fraction of sp³-hybridized carbons (Fsp3) is 0.263. The van der Waals surface area contributed by atoms with Crippen molar-refractivity contribution in [1.82, 2.24) is 0 Å². The van der Waals surface area contributed by atoms with Gasteiger partial charge in [0, 0.05) is 23.5 Å². The largest absolute Gasteiger partial charge is 0.481 e. The molecular formula is C19H20O3S. The molecule has 23 heavy (non-hydrogen) atoms. The second-order valence-electron chi connectivity index (χ2n) is 5.53. The molecule has 2 aromatic rings. The molecule has 0 amide bonds. The van der Waals surface area contributed by atoms with Gasteiger partial charge in [0.25, 0.3) is 0 Å². The predicted octanol–water partition coefficient (Wildman–Crippen LogP) is 4.20. The quantitative estimate of drug-likeness (QED) is 0.738. The summed E-state index contributed by atoms with van der Waals surface area (Å²) in [6, 6.07) is 17.2. The first kappa shape index (κ1) is 17.3. The lowest BCUT2D eigenvalue weighted by atomic mass is 9.99. The zero-order chi connectivity index (χ0) is 16.7. The third kappa shape index (κ3) is 5.57. The number of hydrogen-bond acceptors (Lipinski definition) is 3. The minimum atomic E-state index is -0.911. The van der Waals surface area contributed by atoms with Crippen LogP contribution in [0.15, 0.2) is 54.6 Å². The second-order valence-corrected chi connectivity index (χ2v) is 6.56. The lowest BCUT2D eigenvalue weighted by Crippen LogP contribution is -2.20. The molecule has 0 aliphatic heterocycles. The first-order valence-corrected chi connectivity index (χ1v) is 8.66. The van der Waals surface area contributed by atoms with Gasteiger partial charge in [-0.25, -0.2) is 0 Å². The van der Waals surface area contributed by atoms with Crippen molar-refractivity contribution in [2.75, 3.05) is 5.75 Å². The van der Waals surface area contributed by atoms with Gasteiger partial charge in [-0.3, -0.25) is 9.59 Å². The second kappa shape index (κ2) is 8.53. The van der Waals surface area contributed by atoms with E-state index in [9.17, 15) is 14.7 Å². The number of rotatable bonds is 8. The van der Waals surface area contributed by atoms with E-state index in [1.165, 1.54) is 0 Å².